The van der Waals surface area contributed by atoms with Gasteiger partial charge in [0.25, 0.3) is 5.91 Å². The van der Waals surface area contributed by atoms with E-state index < -0.39 is 0 Å². The normalized spacial score (nSPS) is 10.8. The SMILES string of the molecule is Cn1cc(C(=O)NNC(=O)Cc2cnn(-c3ccccc3)c2)c2ccccc21. The van der Waals surface area contributed by atoms with Gasteiger partial charge >= 0.3 is 0 Å². The van der Waals surface area contributed by atoms with Crippen molar-refractivity contribution in [2.24, 2.45) is 7.05 Å². The first-order valence-corrected chi connectivity index (χ1v) is 8.84. The molecule has 2 amide bonds. The number of aryl methyl sites for hydroxylation is 1. The number of amides is 2. The maximum atomic E-state index is 12.5. The highest BCUT2D eigenvalue weighted by Gasteiger charge is 2.14. The number of carbonyl (C=O) groups excluding carboxylic acids is 2. The molecule has 4 rings (SSSR count). The summed E-state index contributed by atoms with van der Waals surface area (Å²) in [5.41, 5.74) is 8.08. The molecule has 0 saturated heterocycles. The van der Waals surface area contributed by atoms with E-state index in [9.17, 15) is 9.59 Å². The number of carbonyl (C=O) groups is 2. The zero-order valence-corrected chi connectivity index (χ0v) is 15.3. The highest BCUT2D eigenvalue weighted by molar-refractivity contribution is 6.07. The lowest BCUT2D eigenvalue weighted by molar-refractivity contribution is -0.121. The molecule has 0 aliphatic heterocycles. The zero-order valence-electron chi connectivity index (χ0n) is 15.3. The smallest absolute Gasteiger partial charge is 0.271 e. The van der Waals surface area contributed by atoms with Crippen LogP contribution in [0.15, 0.2) is 73.2 Å². The monoisotopic (exact) mass is 373 g/mol. The van der Waals surface area contributed by atoms with Crippen LogP contribution in [0.4, 0.5) is 0 Å². The summed E-state index contributed by atoms with van der Waals surface area (Å²) in [7, 11) is 1.88. The fourth-order valence-electron chi connectivity index (χ4n) is 3.12. The number of hydrazine groups is 1. The Balaban J connectivity index is 1.38. The number of fused-ring (bicyclic) bond motifs is 1. The Morgan fingerprint density at radius 3 is 2.54 bits per heavy atom. The lowest BCUT2D eigenvalue weighted by Gasteiger charge is -2.06. The third-order valence-electron chi connectivity index (χ3n) is 4.48. The molecule has 0 unspecified atom stereocenters. The third kappa shape index (κ3) is 3.50. The van der Waals surface area contributed by atoms with Crippen LogP contribution in [-0.4, -0.2) is 26.2 Å². The van der Waals surface area contributed by atoms with Crippen LogP contribution < -0.4 is 10.9 Å². The summed E-state index contributed by atoms with van der Waals surface area (Å²) >= 11 is 0. The van der Waals surface area contributed by atoms with E-state index in [0.29, 0.717) is 5.56 Å². The molecule has 0 radical (unpaired) electrons. The van der Waals surface area contributed by atoms with E-state index in [0.717, 1.165) is 22.2 Å². The average molecular weight is 373 g/mol. The quantitative estimate of drug-likeness (QED) is 0.539. The number of nitrogens with one attached hydrogen (secondary N) is 2. The first-order valence-electron chi connectivity index (χ1n) is 8.84. The zero-order chi connectivity index (χ0) is 19.5. The first kappa shape index (κ1) is 17.5. The Morgan fingerprint density at radius 1 is 0.964 bits per heavy atom. The molecule has 0 spiro atoms. The maximum Gasteiger partial charge on any atom is 0.271 e. The van der Waals surface area contributed by atoms with Crippen molar-refractivity contribution < 1.29 is 9.59 Å². The summed E-state index contributed by atoms with van der Waals surface area (Å²) < 4.78 is 3.58. The van der Waals surface area contributed by atoms with Crippen LogP contribution in [0.25, 0.3) is 16.6 Å². The Labute approximate surface area is 161 Å². The number of aromatic nitrogens is 3. The van der Waals surface area contributed by atoms with Gasteiger partial charge in [0.1, 0.15) is 0 Å². The molecule has 0 aliphatic carbocycles. The predicted octanol–water partition coefficient (Wildman–Crippen LogP) is 2.37. The molecule has 2 N–H and O–H groups in total. The molecule has 0 saturated carbocycles. The molecule has 140 valence electrons. The molecule has 7 heteroatoms. The Kier molecular flexibility index (Phi) is 4.63. The number of hydrogen-bond acceptors (Lipinski definition) is 3. The second kappa shape index (κ2) is 7.40. The fraction of sp³-hybridized carbons (Fsp3) is 0.0952. The fourth-order valence-corrected chi connectivity index (χ4v) is 3.12. The number of benzene rings is 2. The Hall–Kier alpha value is -3.87. The van der Waals surface area contributed by atoms with Gasteiger partial charge in [-0.1, -0.05) is 36.4 Å². The van der Waals surface area contributed by atoms with E-state index in [1.165, 1.54) is 0 Å². The summed E-state index contributed by atoms with van der Waals surface area (Å²) in [6.45, 7) is 0. The van der Waals surface area contributed by atoms with Gasteiger partial charge in [-0.3, -0.25) is 20.4 Å². The van der Waals surface area contributed by atoms with Crippen LogP contribution in [0.3, 0.4) is 0 Å². The van der Waals surface area contributed by atoms with Crippen LogP contribution in [-0.2, 0) is 18.3 Å². The molecule has 0 aliphatic rings. The molecule has 28 heavy (non-hydrogen) atoms. The van der Waals surface area contributed by atoms with Crippen molar-refractivity contribution in [3.63, 3.8) is 0 Å². The van der Waals surface area contributed by atoms with Crippen LogP contribution in [0.1, 0.15) is 15.9 Å². The second-order valence-electron chi connectivity index (χ2n) is 6.48. The van der Waals surface area contributed by atoms with Gasteiger partial charge in [0.15, 0.2) is 0 Å². The van der Waals surface area contributed by atoms with E-state index >= 15 is 0 Å². The van der Waals surface area contributed by atoms with Gasteiger partial charge in [-0.15, -0.1) is 0 Å². The third-order valence-corrected chi connectivity index (χ3v) is 4.48. The molecule has 0 atom stereocenters. The minimum atomic E-state index is -0.356. The number of para-hydroxylation sites is 2. The average Bonchev–Trinajstić information content (AvgIpc) is 3.32. The number of hydrogen-bond donors (Lipinski definition) is 2. The molecule has 2 heterocycles. The molecule has 2 aromatic carbocycles. The summed E-state index contributed by atoms with van der Waals surface area (Å²) in [6.07, 6.45) is 5.29. The highest BCUT2D eigenvalue weighted by Crippen LogP contribution is 2.19. The highest BCUT2D eigenvalue weighted by atomic mass is 16.2. The Bertz CT molecular complexity index is 1140. The van der Waals surface area contributed by atoms with E-state index in [2.05, 4.69) is 16.0 Å². The van der Waals surface area contributed by atoms with Crippen molar-refractivity contribution >= 4 is 22.7 Å². The van der Waals surface area contributed by atoms with Gasteiger partial charge < -0.3 is 4.57 Å². The van der Waals surface area contributed by atoms with Crippen molar-refractivity contribution in [1.29, 1.82) is 0 Å². The van der Waals surface area contributed by atoms with Gasteiger partial charge in [0, 0.05) is 30.3 Å². The topological polar surface area (TPSA) is 81.0 Å². The van der Waals surface area contributed by atoms with Crippen LogP contribution in [0.2, 0.25) is 0 Å². The minimum Gasteiger partial charge on any atom is -0.350 e. The van der Waals surface area contributed by atoms with Crippen molar-refractivity contribution in [2.45, 2.75) is 6.42 Å². The van der Waals surface area contributed by atoms with Gasteiger partial charge in [-0.25, -0.2) is 4.68 Å². The van der Waals surface area contributed by atoms with Crippen LogP contribution in [0.5, 0.6) is 0 Å². The van der Waals surface area contributed by atoms with E-state index in [-0.39, 0.29) is 18.2 Å². The van der Waals surface area contributed by atoms with E-state index in [1.54, 1.807) is 23.3 Å². The van der Waals surface area contributed by atoms with Crippen LogP contribution in [0, 0.1) is 0 Å². The Morgan fingerprint density at radius 2 is 1.71 bits per heavy atom. The first-order chi connectivity index (χ1) is 13.6. The molecular weight excluding hydrogens is 354 g/mol. The molecule has 0 bridgehead atoms. The van der Waals surface area contributed by atoms with Crippen molar-refractivity contribution in [1.82, 2.24) is 25.2 Å². The summed E-state index contributed by atoms with van der Waals surface area (Å²) in [5.74, 6) is -0.675. The minimum absolute atomic E-state index is 0.114. The largest absolute Gasteiger partial charge is 0.350 e. The van der Waals surface area contributed by atoms with Gasteiger partial charge in [0.2, 0.25) is 5.91 Å². The molecule has 2 aromatic heterocycles. The lowest BCUT2D eigenvalue weighted by Crippen LogP contribution is -2.42. The van der Waals surface area contributed by atoms with Crippen molar-refractivity contribution in [2.75, 3.05) is 0 Å². The van der Waals surface area contributed by atoms with E-state index in [4.69, 9.17) is 0 Å². The van der Waals surface area contributed by atoms with Crippen molar-refractivity contribution in [3.05, 3.63) is 84.3 Å². The predicted molar refractivity (Wildman–Crippen MR) is 106 cm³/mol. The maximum absolute atomic E-state index is 12.5. The summed E-state index contributed by atoms with van der Waals surface area (Å²) in [5, 5.41) is 5.10. The molecular formula is C21H19N5O2. The number of nitrogens with zero attached hydrogens (tertiary/aromatic N) is 3. The standard InChI is InChI=1S/C21H19N5O2/c1-25-14-18(17-9-5-6-10-19(17)25)21(28)24-23-20(27)11-15-12-22-26(13-15)16-7-3-2-4-8-16/h2-10,12-14H,11H2,1H3,(H,23,27)(H,24,28). The summed E-state index contributed by atoms with van der Waals surface area (Å²) in [4.78, 5) is 24.7. The second-order valence-corrected chi connectivity index (χ2v) is 6.48. The van der Waals surface area contributed by atoms with Crippen molar-refractivity contribution in [3.8, 4) is 5.69 Å². The lowest BCUT2D eigenvalue weighted by atomic mass is 10.2. The molecule has 0 fully saturated rings. The number of rotatable bonds is 4. The van der Waals surface area contributed by atoms with Crippen LogP contribution >= 0.6 is 0 Å². The van der Waals surface area contributed by atoms with Gasteiger partial charge in [-0.05, 0) is 23.8 Å². The van der Waals surface area contributed by atoms with Gasteiger partial charge in [0.05, 0.1) is 23.9 Å². The summed E-state index contributed by atoms with van der Waals surface area (Å²) in [6, 6.07) is 17.3. The molecule has 4 aromatic rings. The molecule has 7 nitrogen and oxygen atoms in total. The van der Waals surface area contributed by atoms with E-state index in [1.807, 2.05) is 66.2 Å². The van der Waals surface area contributed by atoms with Gasteiger partial charge in [-0.2, -0.15) is 5.10 Å².